The first-order chi connectivity index (χ1) is 12.6. The second kappa shape index (κ2) is 8.08. The smallest absolute Gasteiger partial charge is 0.282 e. The molecule has 0 spiro atoms. The Morgan fingerprint density at radius 1 is 1.08 bits per heavy atom. The Morgan fingerprint density at radius 3 is 2.38 bits per heavy atom. The standard InChI is InChI=1S/C20H21FN2O3/c21-16-12-10-15(11-13-16)14-22(17-6-2-1-3-7-17)20(24)18-8-4-5-9-19(18)23(25)26/h4-5,8-13,17H,1-3,6-7,14H2. The Bertz CT molecular complexity index is 786. The molecule has 2 aromatic rings. The van der Waals surface area contributed by atoms with Crippen LogP contribution in [0.5, 0.6) is 0 Å². The number of benzene rings is 2. The van der Waals surface area contributed by atoms with Gasteiger partial charge < -0.3 is 4.90 Å². The van der Waals surface area contributed by atoms with E-state index in [4.69, 9.17) is 0 Å². The molecular weight excluding hydrogens is 335 g/mol. The zero-order valence-corrected chi connectivity index (χ0v) is 14.4. The molecule has 0 atom stereocenters. The van der Waals surface area contributed by atoms with Crippen molar-refractivity contribution in [1.29, 1.82) is 0 Å². The number of nitro benzene ring substituents is 1. The minimum atomic E-state index is -0.524. The summed E-state index contributed by atoms with van der Waals surface area (Å²) >= 11 is 0. The van der Waals surface area contributed by atoms with Crippen molar-refractivity contribution in [2.45, 2.75) is 44.7 Å². The van der Waals surface area contributed by atoms with E-state index in [2.05, 4.69) is 0 Å². The lowest BCUT2D eigenvalue weighted by Crippen LogP contribution is -2.41. The quantitative estimate of drug-likeness (QED) is 0.576. The van der Waals surface area contributed by atoms with Crippen molar-refractivity contribution in [3.8, 4) is 0 Å². The van der Waals surface area contributed by atoms with Gasteiger partial charge in [0.15, 0.2) is 0 Å². The third kappa shape index (κ3) is 4.07. The first kappa shape index (κ1) is 18.0. The molecule has 0 heterocycles. The van der Waals surface area contributed by atoms with Gasteiger partial charge in [-0.25, -0.2) is 4.39 Å². The number of amides is 1. The van der Waals surface area contributed by atoms with E-state index in [1.807, 2.05) is 0 Å². The summed E-state index contributed by atoms with van der Waals surface area (Å²) in [6.45, 7) is 0.315. The number of hydrogen-bond donors (Lipinski definition) is 0. The highest BCUT2D eigenvalue weighted by Gasteiger charge is 2.30. The molecule has 1 fully saturated rings. The molecule has 1 amide bonds. The summed E-state index contributed by atoms with van der Waals surface area (Å²) in [5.41, 5.74) is 0.728. The highest BCUT2D eigenvalue weighted by molar-refractivity contribution is 5.98. The number of halogens is 1. The number of carbonyl (C=O) groups is 1. The first-order valence-corrected chi connectivity index (χ1v) is 8.85. The Labute approximate surface area is 151 Å². The minimum absolute atomic E-state index is 0.0427. The van der Waals surface area contributed by atoms with Crippen LogP contribution in [0.4, 0.5) is 10.1 Å². The maximum atomic E-state index is 13.2. The van der Waals surface area contributed by atoms with E-state index in [0.717, 1.165) is 37.7 Å². The molecule has 0 N–H and O–H groups in total. The molecule has 0 unspecified atom stereocenters. The van der Waals surface area contributed by atoms with Crippen LogP contribution in [0.15, 0.2) is 48.5 Å². The molecule has 3 rings (SSSR count). The second-order valence-corrected chi connectivity index (χ2v) is 6.63. The van der Waals surface area contributed by atoms with Crippen LogP contribution >= 0.6 is 0 Å². The number of rotatable bonds is 5. The average Bonchev–Trinajstić information content (AvgIpc) is 2.67. The van der Waals surface area contributed by atoms with Gasteiger partial charge in [0.05, 0.1) is 4.92 Å². The van der Waals surface area contributed by atoms with Gasteiger partial charge in [-0.3, -0.25) is 14.9 Å². The topological polar surface area (TPSA) is 63.4 Å². The van der Waals surface area contributed by atoms with Gasteiger partial charge in [-0.05, 0) is 36.6 Å². The van der Waals surface area contributed by atoms with Crippen molar-refractivity contribution in [2.75, 3.05) is 0 Å². The zero-order valence-electron chi connectivity index (χ0n) is 14.4. The van der Waals surface area contributed by atoms with Crippen molar-refractivity contribution in [2.24, 2.45) is 0 Å². The molecule has 6 heteroatoms. The summed E-state index contributed by atoms with van der Waals surface area (Å²) in [6.07, 6.45) is 4.98. The summed E-state index contributed by atoms with van der Waals surface area (Å²) in [7, 11) is 0. The van der Waals surface area contributed by atoms with E-state index >= 15 is 0 Å². The Balaban J connectivity index is 1.93. The van der Waals surface area contributed by atoms with Gasteiger partial charge in [0.1, 0.15) is 11.4 Å². The van der Waals surface area contributed by atoms with Crippen LogP contribution in [0.1, 0.15) is 48.0 Å². The molecule has 0 bridgehead atoms. The third-order valence-corrected chi connectivity index (χ3v) is 4.87. The van der Waals surface area contributed by atoms with Crippen LogP contribution < -0.4 is 0 Å². The fraction of sp³-hybridized carbons (Fsp3) is 0.350. The van der Waals surface area contributed by atoms with Gasteiger partial charge in [-0.2, -0.15) is 0 Å². The van der Waals surface area contributed by atoms with Gasteiger partial charge in [0, 0.05) is 18.7 Å². The van der Waals surface area contributed by atoms with Crippen molar-refractivity contribution in [3.63, 3.8) is 0 Å². The van der Waals surface area contributed by atoms with E-state index in [-0.39, 0.29) is 29.0 Å². The predicted octanol–water partition coefficient (Wildman–Crippen LogP) is 4.71. The molecule has 0 radical (unpaired) electrons. The van der Waals surface area contributed by atoms with E-state index < -0.39 is 4.92 Å². The molecular formula is C20H21FN2O3. The SMILES string of the molecule is O=C(c1ccccc1[N+](=O)[O-])N(Cc1ccc(F)cc1)C1CCCCC1. The lowest BCUT2D eigenvalue weighted by molar-refractivity contribution is -0.385. The van der Waals surface area contributed by atoms with Crippen molar-refractivity contribution < 1.29 is 14.1 Å². The number of nitrogens with zero attached hydrogens (tertiary/aromatic N) is 2. The average molecular weight is 356 g/mol. The largest absolute Gasteiger partial charge is 0.331 e. The fourth-order valence-electron chi connectivity index (χ4n) is 3.51. The highest BCUT2D eigenvalue weighted by atomic mass is 19.1. The third-order valence-electron chi connectivity index (χ3n) is 4.87. The van der Waals surface area contributed by atoms with E-state index in [9.17, 15) is 19.3 Å². The molecule has 0 saturated heterocycles. The number of carbonyl (C=O) groups excluding carboxylic acids is 1. The molecule has 26 heavy (non-hydrogen) atoms. The molecule has 1 saturated carbocycles. The summed E-state index contributed by atoms with van der Waals surface area (Å²) in [4.78, 5) is 25.7. The molecule has 136 valence electrons. The Morgan fingerprint density at radius 2 is 1.73 bits per heavy atom. The summed E-state index contributed by atoms with van der Waals surface area (Å²) < 4.78 is 13.2. The van der Waals surface area contributed by atoms with Crippen LogP contribution in [-0.4, -0.2) is 21.8 Å². The van der Waals surface area contributed by atoms with Gasteiger partial charge >= 0.3 is 0 Å². The maximum Gasteiger partial charge on any atom is 0.282 e. The lowest BCUT2D eigenvalue weighted by Gasteiger charge is -2.34. The van der Waals surface area contributed by atoms with E-state index in [1.165, 1.54) is 24.3 Å². The molecule has 1 aliphatic rings. The maximum absolute atomic E-state index is 13.2. The first-order valence-electron chi connectivity index (χ1n) is 8.85. The number of para-hydroxylation sites is 1. The zero-order chi connectivity index (χ0) is 18.5. The van der Waals surface area contributed by atoms with Gasteiger partial charge in [-0.15, -0.1) is 0 Å². The van der Waals surface area contributed by atoms with Crippen LogP contribution in [0, 0.1) is 15.9 Å². The van der Waals surface area contributed by atoms with Crippen LogP contribution in [0.25, 0.3) is 0 Å². The number of nitro groups is 1. The van der Waals surface area contributed by atoms with Crippen molar-refractivity contribution in [1.82, 2.24) is 4.90 Å². The molecule has 5 nitrogen and oxygen atoms in total. The molecule has 2 aromatic carbocycles. The molecule has 0 aromatic heterocycles. The second-order valence-electron chi connectivity index (χ2n) is 6.63. The fourth-order valence-corrected chi connectivity index (χ4v) is 3.51. The van der Waals surface area contributed by atoms with Gasteiger partial charge in [-0.1, -0.05) is 43.5 Å². The van der Waals surface area contributed by atoms with Gasteiger partial charge in [0.2, 0.25) is 0 Å². The predicted molar refractivity (Wildman–Crippen MR) is 96.2 cm³/mol. The van der Waals surface area contributed by atoms with Crippen LogP contribution in [0.2, 0.25) is 0 Å². The summed E-state index contributed by atoms with van der Waals surface area (Å²) in [5.74, 6) is -0.670. The summed E-state index contributed by atoms with van der Waals surface area (Å²) in [6, 6.07) is 12.1. The molecule has 1 aliphatic carbocycles. The monoisotopic (exact) mass is 356 g/mol. The van der Waals surface area contributed by atoms with Crippen molar-refractivity contribution >= 4 is 11.6 Å². The normalized spacial score (nSPS) is 14.8. The molecule has 0 aliphatic heterocycles. The number of hydrogen-bond acceptors (Lipinski definition) is 3. The Kier molecular flexibility index (Phi) is 5.61. The highest BCUT2D eigenvalue weighted by Crippen LogP contribution is 2.28. The van der Waals surface area contributed by atoms with Crippen molar-refractivity contribution in [3.05, 3.63) is 75.6 Å². The summed E-state index contributed by atoms with van der Waals surface area (Å²) in [5, 5.41) is 11.3. The van der Waals surface area contributed by atoms with Gasteiger partial charge in [0.25, 0.3) is 11.6 Å². The lowest BCUT2D eigenvalue weighted by atomic mass is 9.93. The van der Waals surface area contributed by atoms with E-state index in [0.29, 0.717) is 6.54 Å². The minimum Gasteiger partial charge on any atom is -0.331 e. The van der Waals surface area contributed by atoms with E-state index in [1.54, 1.807) is 29.2 Å². The van der Waals surface area contributed by atoms with Crippen LogP contribution in [0.3, 0.4) is 0 Å². The van der Waals surface area contributed by atoms with Crippen LogP contribution in [-0.2, 0) is 6.54 Å². The Hall–Kier alpha value is -2.76.